The van der Waals surface area contributed by atoms with E-state index in [4.69, 9.17) is 11.5 Å². The molecule has 0 aliphatic rings. The highest BCUT2D eigenvalue weighted by Gasteiger charge is 2.08. The van der Waals surface area contributed by atoms with Crippen LogP contribution in [0.5, 0.6) is 0 Å². The lowest BCUT2D eigenvalue weighted by atomic mass is 10.1. The van der Waals surface area contributed by atoms with Gasteiger partial charge < -0.3 is 16.8 Å². The molecule has 1 aromatic heterocycles. The second-order valence-electron chi connectivity index (χ2n) is 3.71. The summed E-state index contributed by atoms with van der Waals surface area (Å²) < 4.78 is 1.02. The molecule has 0 saturated heterocycles. The maximum absolute atomic E-state index is 5.64. The predicted octanol–water partition coefficient (Wildman–Crippen LogP) is 1.86. The second kappa shape index (κ2) is 5.79. The first-order chi connectivity index (χ1) is 8.70. The number of halogens is 1. The molecule has 5 nitrogen and oxygen atoms in total. The Morgan fingerprint density at radius 1 is 1.22 bits per heavy atom. The van der Waals surface area contributed by atoms with Gasteiger partial charge in [0.2, 0.25) is 5.95 Å². The molecule has 0 aliphatic heterocycles. The molecule has 0 saturated carbocycles. The quantitative estimate of drug-likeness (QED) is 0.802. The molecule has 0 bridgehead atoms. The molecule has 2 rings (SSSR count). The lowest BCUT2D eigenvalue weighted by molar-refractivity contribution is 1.02. The van der Waals surface area contributed by atoms with Gasteiger partial charge in [0, 0.05) is 23.1 Å². The fraction of sp³-hybridized carbons (Fsp3) is 0.167. The maximum Gasteiger partial charge on any atom is 0.220 e. The summed E-state index contributed by atoms with van der Waals surface area (Å²) in [4.78, 5) is 8.26. The lowest BCUT2D eigenvalue weighted by Gasteiger charge is -2.10. The van der Waals surface area contributed by atoms with Crippen LogP contribution >= 0.6 is 15.9 Å². The van der Waals surface area contributed by atoms with Crippen LogP contribution in [0.25, 0.3) is 11.3 Å². The Morgan fingerprint density at radius 2 is 1.94 bits per heavy atom. The molecule has 0 fully saturated rings. The van der Waals surface area contributed by atoms with Crippen molar-refractivity contribution in [3.63, 3.8) is 0 Å². The maximum atomic E-state index is 5.64. The molecule has 5 N–H and O–H groups in total. The molecular weight excluding hydrogens is 294 g/mol. The molecule has 0 aliphatic carbocycles. The zero-order valence-electron chi connectivity index (χ0n) is 9.73. The van der Waals surface area contributed by atoms with Crippen LogP contribution in [0.3, 0.4) is 0 Å². The minimum Gasteiger partial charge on any atom is -0.381 e. The van der Waals surface area contributed by atoms with Gasteiger partial charge in [0.05, 0.1) is 17.6 Å². The summed E-state index contributed by atoms with van der Waals surface area (Å²) in [5.74, 6) is 0.256. The summed E-state index contributed by atoms with van der Waals surface area (Å²) >= 11 is 3.40. The van der Waals surface area contributed by atoms with E-state index in [0.29, 0.717) is 13.1 Å². The van der Waals surface area contributed by atoms with Gasteiger partial charge in [0.15, 0.2) is 0 Å². The van der Waals surface area contributed by atoms with Crippen LogP contribution in [0.2, 0.25) is 0 Å². The Labute approximate surface area is 114 Å². The summed E-state index contributed by atoms with van der Waals surface area (Å²) in [6.07, 6.45) is 1.68. The summed E-state index contributed by atoms with van der Waals surface area (Å²) in [5, 5.41) is 3.19. The van der Waals surface area contributed by atoms with Crippen molar-refractivity contribution in [2.45, 2.75) is 0 Å². The van der Waals surface area contributed by atoms with Crippen molar-refractivity contribution in [1.29, 1.82) is 0 Å². The average molecular weight is 308 g/mol. The molecule has 0 amide bonds. The predicted molar refractivity (Wildman–Crippen MR) is 77.1 cm³/mol. The standard InChI is InChI=1S/C12H14BrN5/c13-9-3-1-8(2-4-9)11-10(16-6-5-14)7-17-12(15)18-11/h1-4,7,16H,5-6,14H2,(H2,15,17,18). The van der Waals surface area contributed by atoms with Crippen LogP contribution in [0.1, 0.15) is 0 Å². The third-order valence-electron chi connectivity index (χ3n) is 2.38. The van der Waals surface area contributed by atoms with E-state index in [2.05, 4.69) is 31.2 Å². The first kappa shape index (κ1) is 12.8. The number of benzene rings is 1. The SMILES string of the molecule is NCCNc1cnc(N)nc1-c1ccc(Br)cc1. The highest BCUT2D eigenvalue weighted by Crippen LogP contribution is 2.26. The molecular formula is C12H14BrN5. The van der Waals surface area contributed by atoms with Gasteiger partial charge in [0.1, 0.15) is 0 Å². The molecule has 2 aromatic rings. The van der Waals surface area contributed by atoms with Gasteiger partial charge >= 0.3 is 0 Å². The van der Waals surface area contributed by atoms with E-state index >= 15 is 0 Å². The van der Waals surface area contributed by atoms with Crippen molar-refractivity contribution in [1.82, 2.24) is 9.97 Å². The smallest absolute Gasteiger partial charge is 0.220 e. The third kappa shape index (κ3) is 2.96. The number of rotatable bonds is 4. The van der Waals surface area contributed by atoms with Gasteiger partial charge in [-0.3, -0.25) is 0 Å². The Balaban J connectivity index is 2.40. The molecule has 18 heavy (non-hydrogen) atoms. The van der Waals surface area contributed by atoms with Crippen LogP contribution < -0.4 is 16.8 Å². The van der Waals surface area contributed by atoms with Crippen LogP contribution in [0.15, 0.2) is 34.9 Å². The average Bonchev–Trinajstić information content (AvgIpc) is 2.38. The molecule has 6 heteroatoms. The van der Waals surface area contributed by atoms with Gasteiger partial charge in [0.25, 0.3) is 0 Å². The van der Waals surface area contributed by atoms with Gasteiger partial charge in [-0.25, -0.2) is 9.97 Å². The largest absolute Gasteiger partial charge is 0.381 e. The van der Waals surface area contributed by atoms with Crippen molar-refractivity contribution in [3.05, 3.63) is 34.9 Å². The minimum absolute atomic E-state index is 0.256. The Hall–Kier alpha value is -1.66. The molecule has 94 valence electrons. The Morgan fingerprint density at radius 3 is 2.61 bits per heavy atom. The van der Waals surface area contributed by atoms with Crippen LogP contribution in [0.4, 0.5) is 11.6 Å². The fourth-order valence-electron chi connectivity index (χ4n) is 1.56. The van der Waals surface area contributed by atoms with E-state index in [9.17, 15) is 0 Å². The van der Waals surface area contributed by atoms with Crippen molar-refractivity contribution >= 4 is 27.6 Å². The summed E-state index contributed by atoms with van der Waals surface area (Å²) in [6, 6.07) is 7.86. The van der Waals surface area contributed by atoms with E-state index in [1.165, 1.54) is 0 Å². The van der Waals surface area contributed by atoms with E-state index in [1.807, 2.05) is 24.3 Å². The molecule has 0 spiro atoms. The topological polar surface area (TPSA) is 89.8 Å². The summed E-state index contributed by atoms with van der Waals surface area (Å²) in [7, 11) is 0. The van der Waals surface area contributed by atoms with Crippen molar-refractivity contribution in [2.24, 2.45) is 5.73 Å². The van der Waals surface area contributed by atoms with Crippen LogP contribution in [-0.2, 0) is 0 Å². The Bertz CT molecular complexity index is 526. The summed E-state index contributed by atoms with van der Waals surface area (Å²) in [5.41, 5.74) is 13.7. The molecule has 1 heterocycles. The number of hydrogen-bond acceptors (Lipinski definition) is 5. The fourth-order valence-corrected chi connectivity index (χ4v) is 1.82. The van der Waals surface area contributed by atoms with Gasteiger partial charge in [-0.15, -0.1) is 0 Å². The number of anilines is 2. The monoisotopic (exact) mass is 307 g/mol. The number of hydrogen-bond donors (Lipinski definition) is 3. The van der Waals surface area contributed by atoms with Gasteiger partial charge in [-0.2, -0.15) is 0 Å². The number of nitrogens with one attached hydrogen (secondary N) is 1. The number of nitrogens with two attached hydrogens (primary N) is 2. The number of aromatic nitrogens is 2. The highest BCUT2D eigenvalue weighted by atomic mass is 79.9. The molecule has 0 atom stereocenters. The Kier molecular flexibility index (Phi) is 4.11. The molecule has 1 aromatic carbocycles. The molecule has 0 radical (unpaired) electrons. The van der Waals surface area contributed by atoms with Gasteiger partial charge in [-0.1, -0.05) is 28.1 Å². The first-order valence-corrected chi connectivity index (χ1v) is 6.32. The molecule has 0 unspecified atom stereocenters. The summed E-state index contributed by atoms with van der Waals surface area (Å²) in [6.45, 7) is 1.21. The van der Waals surface area contributed by atoms with Crippen molar-refractivity contribution in [3.8, 4) is 11.3 Å². The highest BCUT2D eigenvalue weighted by molar-refractivity contribution is 9.10. The van der Waals surface area contributed by atoms with Crippen LogP contribution in [0, 0.1) is 0 Å². The third-order valence-corrected chi connectivity index (χ3v) is 2.91. The lowest BCUT2D eigenvalue weighted by Crippen LogP contribution is -2.14. The number of nitrogen functional groups attached to an aromatic ring is 1. The second-order valence-corrected chi connectivity index (χ2v) is 4.63. The minimum atomic E-state index is 0.256. The van der Waals surface area contributed by atoms with Gasteiger partial charge in [-0.05, 0) is 12.1 Å². The van der Waals surface area contributed by atoms with Crippen LogP contribution in [-0.4, -0.2) is 23.1 Å². The normalized spacial score (nSPS) is 10.3. The van der Waals surface area contributed by atoms with E-state index in [1.54, 1.807) is 6.20 Å². The van der Waals surface area contributed by atoms with Crippen molar-refractivity contribution < 1.29 is 0 Å². The first-order valence-electron chi connectivity index (χ1n) is 5.53. The van der Waals surface area contributed by atoms with E-state index in [0.717, 1.165) is 21.4 Å². The van der Waals surface area contributed by atoms with E-state index < -0.39 is 0 Å². The van der Waals surface area contributed by atoms with Crippen molar-refractivity contribution in [2.75, 3.05) is 24.1 Å². The van der Waals surface area contributed by atoms with E-state index in [-0.39, 0.29) is 5.95 Å². The zero-order chi connectivity index (χ0) is 13.0. The number of nitrogens with zero attached hydrogens (tertiary/aromatic N) is 2. The zero-order valence-corrected chi connectivity index (χ0v) is 11.3.